The Labute approximate surface area is 156 Å². The second-order valence-corrected chi connectivity index (χ2v) is 5.93. The number of benzene rings is 3. The van der Waals surface area contributed by atoms with Crippen LogP contribution in [0.3, 0.4) is 0 Å². The van der Waals surface area contributed by atoms with Gasteiger partial charge in [-0.3, -0.25) is 4.79 Å². The maximum atomic E-state index is 10.9. The number of para-hydroxylation sites is 1. The zero-order valence-corrected chi connectivity index (χ0v) is 14.3. The Bertz CT molecular complexity index is 1090. The molecule has 0 radical (unpaired) electrons. The number of aromatic hydroxyl groups is 1. The summed E-state index contributed by atoms with van der Waals surface area (Å²) in [5, 5.41) is 10.2. The smallest absolute Gasteiger partial charge is 0.167 e. The molecular weight excluding hydrogens is 338 g/mol. The number of carbonyl (C=O) groups excluding carboxylic acids is 1. The molecule has 0 aliphatic rings. The maximum Gasteiger partial charge on any atom is 0.167 e. The largest absolute Gasteiger partial charge is 0.507 e. The number of nitrogens with zero attached hydrogens (tertiary/aromatic N) is 3. The van der Waals surface area contributed by atoms with Crippen molar-refractivity contribution in [3.05, 3.63) is 84.4 Å². The average molecular weight is 353 g/mol. The zero-order chi connectivity index (χ0) is 18.6. The fourth-order valence-electron chi connectivity index (χ4n) is 2.72. The highest BCUT2D eigenvalue weighted by Gasteiger charge is 2.14. The summed E-state index contributed by atoms with van der Waals surface area (Å²) in [7, 11) is 0. The molecule has 1 N–H and O–H groups in total. The van der Waals surface area contributed by atoms with Crippen LogP contribution in [0.25, 0.3) is 34.2 Å². The van der Waals surface area contributed by atoms with Gasteiger partial charge >= 0.3 is 0 Å². The molecule has 0 bridgehead atoms. The van der Waals surface area contributed by atoms with Gasteiger partial charge in [0.1, 0.15) is 12.0 Å². The topological polar surface area (TPSA) is 76.0 Å². The minimum atomic E-state index is 0.102. The Morgan fingerprint density at radius 3 is 1.81 bits per heavy atom. The Morgan fingerprint density at radius 1 is 0.630 bits per heavy atom. The van der Waals surface area contributed by atoms with E-state index in [0.29, 0.717) is 28.6 Å². The predicted molar refractivity (Wildman–Crippen MR) is 103 cm³/mol. The molecule has 0 unspecified atom stereocenters. The van der Waals surface area contributed by atoms with Gasteiger partial charge in [-0.05, 0) is 12.1 Å². The van der Waals surface area contributed by atoms with Crippen molar-refractivity contribution in [2.75, 3.05) is 0 Å². The molecule has 0 aliphatic carbocycles. The van der Waals surface area contributed by atoms with E-state index < -0.39 is 0 Å². The third-order valence-corrected chi connectivity index (χ3v) is 4.12. The average Bonchev–Trinajstić information content (AvgIpc) is 2.74. The first-order valence-electron chi connectivity index (χ1n) is 8.40. The Balaban J connectivity index is 1.91. The number of aldehydes is 1. The van der Waals surface area contributed by atoms with Crippen molar-refractivity contribution in [1.29, 1.82) is 0 Å². The Kier molecular flexibility index (Phi) is 4.41. The van der Waals surface area contributed by atoms with Gasteiger partial charge in [-0.15, -0.1) is 0 Å². The molecule has 0 spiro atoms. The maximum absolute atomic E-state index is 10.9. The molecule has 5 heteroatoms. The van der Waals surface area contributed by atoms with Crippen LogP contribution in [0.15, 0.2) is 78.9 Å². The van der Waals surface area contributed by atoms with E-state index in [-0.39, 0.29) is 5.75 Å². The monoisotopic (exact) mass is 353 g/mol. The van der Waals surface area contributed by atoms with E-state index in [4.69, 9.17) is 0 Å². The molecule has 4 rings (SSSR count). The molecular formula is C22H15N3O2. The summed E-state index contributed by atoms with van der Waals surface area (Å²) in [6, 6.07) is 23.5. The zero-order valence-electron chi connectivity index (χ0n) is 14.3. The lowest BCUT2D eigenvalue weighted by atomic mass is 10.1. The minimum Gasteiger partial charge on any atom is -0.507 e. The van der Waals surface area contributed by atoms with Crippen LogP contribution >= 0.6 is 0 Å². The lowest BCUT2D eigenvalue weighted by Crippen LogP contribution is -2.00. The summed E-state index contributed by atoms with van der Waals surface area (Å²) in [5.41, 5.74) is 2.72. The van der Waals surface area contributed by atoms with Crippen molar-refractivity contribution in [3.63, 3.8) is 0 Å². The second-order valence-electron chi connectivity index (χ2n) is 5.93. The van der Waals surface area contributed by atoms with E-state index >= 15 is 0 Å². The number of phenols is 1. The van der Waals surface area contributed by atoms with Crippen molar-refractivity contribution in [2.24, 2.45) is 0 Å². The van der Waals surface area contributed by atoms with Gasteiger partial charge in [-0.25, -0.2) is 15.0 Å². The molecule has 3 aromatic carbocycles. The van der Waals surface area contributed by atoms with Crippen LogP contribution in [0.2, 0.25) is 0 Å². The molecule has 1 heterocycles. The molecule has 130 valence electrons. The van der Waals surface area contributed by atoms with E-state index in [1.807, 2.05) is 36.4 Å². The van der Waals surface area contributed by atoms with Crippen LogP contribution in [-0.4, -0.2) is 26.3 Å². The summed E-state index contributed by atoms with van der Waals surface area (Å²) in [4.78, 5) is 24.6. The van der Waals surface area contributed by atoms with Crippen LogP contribution in [0.1, 0.15) is 10.4 Å². The molecule has 1 aromatic heterocycles. The van der Waals surface area contributed by atoms with Crippen LogP contribution in [0.4, 0.5) is 0 Å². The number of carbonyl (C=O) groups is 1. The van der Waals surface area contributed by atoms with Gasteiger partial charge < -0.3 is 5.11 Å². The Hall–Kier alpha value is -3.86. The number of rotatable bonds is 4. The molecule has 0 amide bonds. The number of hydrogen-bond acceptors (Lipinski definition) is 5. The summed E-state index contributed by atoms with van der Waals surface area (Å²) in [6.45, 7) is 0. The van der Waals surface area contributed by atoms with Crippen molar-refractivity contribution in [3.8, 4) is 39.9 Å². The van der Waals surface area contributed by atoms with Crippen molar-refractivity contribution >= 4 is 6.29 Å². The van der Waals surface area contributed by atoms with Crippen LogP contribution < -0.4 is 0 Å². The second kappa shape index (κ2) is 7.17. The summed E-state index contributed by atoms with van der Waals surface area (Å²) in [6.07, 6.45) is 0.792. The molecule has 0 saturated carbocycles. The van der Waals surface area contributed by atoms with E-state index in [2.05, 4.69) is 15.0 Å². The van der Waals surface area contributed by atoms with Crippen LogP contribution in [0, 0.1) is 0 Å². The van der Waals surface area contributed by atoms with Crippen molar-refractivity contribution in [1.82, 2.24) is 15.0 Å². The standard InChI is InChI=1S/C22H15N3O2/c26-14-15-10-12-17(13-11-15)21-23-20(16-6-2-1-3-7-16)24-22(25-21)18-8-4-5-9-19(18)27/h1-14,27H. The van der Waals surface area contributed by atoms with Gasteiger partial charge in [0.05, 0.1) is 5.56 Å². The van der Waals surface area contributed by atoms with E-state index in [0.717, 1.165) is 17.4 Å². The molecule has 0 atom stereocenters. The normalized spacial score (nSPS) is 10.5. The third-order valence-electron chi connectivity index (χ3n) is 4.12. The van der Waals surface area contributed by atoms with Gasteiger partial charge in [0, 0.05) is 16.7 Å². The first-order valence-corrected chi connectivity index (χ1v) is 8.40. The van der Waals surface area contributed by atoms with Gasteiger partial charge in [0.15, 0.2) is 17.5 Å². The number of aromatic nitrogens is 3. The van der Waals surface area contributed by atoms with E-state index in [9.17, 15) is 9.90 Å². The van der Waals surface area contributed by atoms with Gasteiger partial charge in [-0.2, -0.15) is 0 Å². The first-order chi connectivity index (χ1) is 13.2. The van der Waals surface area contributed by atoms with Crippen molar-refractivity contribution in [2.45, 2.75) is 0 Å². The van der Waals surface area contributed by atoms with E-state index in [1.165, 1.54) is 0 Å². The lowest BCUT2D eigenvalue weighted by Gasteiger charge is -2.09. The molecule has 0 fully saturated rings. The predicted octanol–water partition coefficient (Wildman–Crippen LogP) is 4.39. The van der Waals surface area contributed by atoms with Crippen LogP contribution in [-0.2, 0) is 0 Å². The minimum absolute atomic E-state index is 0.102. The fourth-order valence-corrected chi connectivity index (χ4v) is 2.72. The SMILES string of the molecule is O=Cc1ccc(-c2nc(-c3ccccc3)nc(-c3ccccc3O)n2)cc1. The summed E-state index contributed by atoms with van der Waals surface area (Å²) < 4.78 is 0. The van der Waals surface area contributed by atoms with Gasteiger partial charge in [-0.1, -0.05) is 66.7 Å². The highest BCUT2D eigenvalue weighted by Crippen LogP contribution is 2.29. The first kappa shape index (κ1) is 16.6. The number of hydrogen-bond donors (Lipinski definition) is 1. The highest BCUT2D eigenvalue weighted by molar-refractivity contribution is 5.76. The quantitative estimate of drug-likeness (QED) is 0.551. The van der Waals surface area contributed by atoms with Gasteiger partial charge in [0.2, 0.25) is 0 Å². The van der Waals surface area contributed by atoms with Gasteiger partial charge in [0.25, 0.3) is 0 Å². The lowest BCUT2D eigenvalue weighted by molar-refractivity contribution is 0.112. The van der Waals surface area contributed by atoms with E-state index in [1.54, 1.807) is 42.5 Å². The highest BCUT2D eigenvalue weighted by atomic mass is 16.3. The van der Waals surface area contributed by atoms with Crippen molar-refractivity contribution < 1.29 is 9.90 Å². The molecule has 27 heavy (non-hydrogen) atoms. The summed E-state index contributed by atoms with van der Waals surface area (Å²) in [5.74, 6) is 1.47. The molecule has 0 saturated heterocycles. The number of phenolic OH excluding ortho intramolecular Hbond substituents is 1. The molecule has 5 nitrogen and oxygen atoms in total. The third kappa shape index (κ3) is 3.43. The molecule has 4 aromatic rings. The Morgan fingerprint density at radius 2 is 1.19 bits per heavy atom. The summed E-state index contributed by atoms with van der Waals surface area (Å²) >= 11 is 0. The molecule has 0 aliphatic heterocycles. The van der Waals surface area contributed by atoms with Crippen LogP contribution in [0.5, 0.6) is 5.75 Å². The fraction of sp³-hybridized carbons (Fsp3) is 0.